The number of nitrogens with one attached hydrogen (secondary N) is 1. The maximum Gasteiger partial charge on any atom is 0.0397 e. The second kappa shape index (κ2) is 8.35. The normalized spacial score (nSPS) is 18.2. The molecular formula is C17H30N4. The molecule has 2 rings (SSSR count). The Balaban J connectivity index is 1.65. The van der Waals surface area contributed by atoms with E-state index < -0.39 is 0 Å². The van der Waals surface area contributed by atoms with Crippen molar-refractivity contribution in [1.29, 1.82) is 0 Å². The van der Waals surface area contributed by atoms with Crippen molar-refractivity contribution in [1.82, 2.24) is 15.2 Å². The lowest BCUT2D eigenvalue weighted by Gasteiger charge is -2.34. The minimum Gasteiger partial charge on any atom is -0.371 e. The monoisotopic (exact) mass is 290 g/mol. The molecule has 1 aromatic rings. The molecule has 0 aliphatic carbocycles. The summed E-state index contributed by atoms with van der Waals surface area (Å²) in [5.74, 6) is 0. The quantitative estimate of drug-likeness (QED) is 0.835. The van der Waals surface area contributed by atoms with Crippen molar-refractivity contribution in [2.75, 3.05) is 38.1 Å². The molecule has 0 saturated carbocycles. The minimum absolute atomic E-state index is 0.674. The van der Waals surface area contributed by atoms with Crippen LogP contribution in [0.3, 0.4) is 0 Å². The zero-order chi connectivity index (χ0) is 15.1. The fourth-order valence-corrected chi connectivity index (χ4v) is 2.87. The van der Waals surface area contributed by atoms with E-state index in [0.717, 1.165) is 26.2 Å². The molecule has 1 N–H and O–H groups in total. The number of hydrogen-bond donors (Lipinski definition) is 1. The summed E-state index contributed by atoms with van der Waals surface area (Å²) in [4.78, 5) is 9.00. The molecule has 4 heteroatoms. The molecule has 1 atom stereocenters. The average Bonchev–Trinajstić information content (AvgIpc) is 2.55. The molecule has 1 unspecified atom stereocenters. The summed E-state index contributed by atoms with van der Waals surface area (Å²) in [7, 11) is 2.22. The van der Waals surface area contributed by atoms with Gasteiger partial charge in [-0.25, -0.2) is 0 Å². The van der Waals surface area contributed by atoms with Crippen molar-refractivity contribution in [2.45, 2.75) is 45.2 Å². The van der Waals surface area contributed by atoms with Gasteiger partial charge in [-0.2, -0.15) is 0 Å². The SMILES string of the molecule is CCC(C)N(C)CCNC1CCN(c2ccncc2)CC1. The van der Waals surface area contributed by atoms with Crippen molar-refractivity contribution in [3.8, 4) is 0 Å². The number of aromatic nitrogens is 1. The lowest BCUT2D eigenvalue weighted by molar-refractivity contribution is 0.245. The Labute approximate surface area is 129 Å². The van der Waals surface area contributed by atoms with Gasteiger partial charge in [0.1, 0.15) is 0 Å². The van der Waals surface area contributed by atoms with E-state index in [9.17, 15) is 0 Å². The van der Waals surface area contributed by atoms with Gasteiger partial charge in [-0.05, 0) is 45.4 Å². The molecule has 1 fully saturated rings. The van der Waals surface area contributed by atoms with Crippen LogP contribution in [0.1, 0.15) is 33.1 Å². The molecule has 0 spiro atoms. The first kappa shape index (κ1) is 16.2. The number of nitrogens with zero attached hydrogens (tertiary/aromatic N) is 3. The van der Waals surface area contributed by atoms with E-state index in [4.69, 9.17) is 0 Å². The molecule has 2 heterocycles. The van der Waals surface area contributed by atoms with Gasteiger partial charge in [0.05, 0.1) is 0 Å². The Morgan fingerprint density at radius 1 is 1.33 bits per heavy atom. The third kappa shape index (κ3) is 4.97. The van der Waals surface area contributed by atoms with E-state index in [-0.39, 0.29) is 0 Å². The minimum atomic E-state index is 0.674. The zero-order valence-electron chi connectivity index (χ0n) is 13.8. The van der Waals surface area contributed by atoms with Gasteiger partial charge >= 0.3 is 0 Å². The van der Waals surface area contributed by atoms with E-state index in [2.05, 4.69) is 53.1 Å². The molecule has 1 aliphatic heterocycles. The Morgan fingerprint density at radius 2 is 2.00 bits per heavy atom. The van der Waals surface area contributed by atoms with E-state index in [1.165, 1.54) is 24.9 Å². The summed E-state index contributed by atoms with van der Waals surface area (Å²) in [6.45, 7) is 9.07. The van der Waals surface area contributed by atoms with Gasteiger partial charge in [0, 0.05) is 56.3 Å². The third-order valence-electron chi connectivity index (χ3n) is 4.76. The fraction of sp³-hybridized carbons (Fsp3) is 0.706. The van der Waals surface area contributed by atoms with Crippen LogP contribution in [-0.4, -0.2) is 55.2 Å². The number of piperidine rings is 1. The lowest BCUT2D eigenvalue weighted by atomic mass is 10.0. The van der Waals surface area contributed by atoms with Crippen molar-refractivity contribution in [2.24, 2.45) is 0 Å². The standard InChI is InChI=1S/C17H30N4/c1-4-15(2)20(3)14-11-19-16-7-12-21(13-8-16)17-5-9-18-10-6-17/h5-6,9-10,15-16,19H,4,7-8,11-14H2,1-3H3. The molecule has 4 nitrogen and oxygen atoms in total. The summed E-state index contributed by atoms with van der Waals surface area (Å²) >= 11 is 0. The van der Waals surface area contributed by atoms with Crippen LogP contribution in [0.4, 0.5) is 5.69 Å². The summed E-state index contributed by atoms with van der Waals surface area (Å²) in [5.41, 5.74) is 1.31. The van der Waals surface area contributed by atoms with Crippen LogP contribution in [0, 0.1) is 0 Å². The topological polar surface area (TPSA) is 31.4 Å². The fourth-order valence-electron chi connectivity index (χ4n) is 2.87. The molecule has 1 aliphatic rings. The average molecular weight is 290 g/mol. The van der Waals surface area contributed by atoms with Crippen molar-refractivity contribution < 1.29 is 0 Å². The van der Waals surface area contributed by atoms with Gasteiger partial charge in [-0.1, -0.05) is 6.92 Å². The molecule has 0 aromatic carbocycles. The highest BCUT2D eigenvalue weighted by molar-refractivity contribution is 5.44. The highest BCUT2D eigenvalue weighted by atomic mass is 15.2. The number of anilines is 1. The van der Waals surface area contributed by atoms with Gasteiger partial charge < -0.3 is 15.1 Å². The molecule has 21 heavy (non-hydrogen) atoms. The maximum atomic E-state index is 4.09. The lowest BCUT2D eigenvalue weighted by Crippen LogP contribution is -2.45. The van der Waals surface area contributed by atoms with Gasteiger partial charge in [-0.15, -0.1) is 0 Å². The number of rotatable bonds is 7. The second-order valence-corrected chi connectivity index (χ2v) is 6.16. The van der Waals surface area contributed by atoms with Gasteiger partial charge in [0.2, 0.25) is 0 Å². The number of pyridine rings is 1. The van der Waals surface area contributed by atoms with Crippen molar-refractivity contribution >= 4 is 5.69 Å². The molecular weight excluding hydrogens is 260 g/mol. The highest BCUT2D eigenvalue weighted by Gasteiger charge is 2.19. The Kier molecular flexibility index (Phi) is 6.46. The molecule has 1 saturated heterocycles. The van der Waals surface area contributed by atoms with Crippen LogP contribution >= 0.6 is 0 Å². The summed E-state index contributed by atoms with van der Waals surface area (Å²) in [5, 5.41) is 3.72. The molecule has 1 aromatic heterocycles. The van der Waals surface area contributed by atoms with Crippen LogP contribution in [0.25, 0.3) is 0 Å². The predicted octanol–water partition coefficient (Wildman–Crippen LogP) is 2.37. The van der Waals surface area contributed by atoms with Crippen LogP contribution in [0.2, 0.25) is 0 Å². The zero-order valence-corrected chi connectivity index (χ0v) is 13.8. The first-order chi connectivity index (χ1) is 10.2. The van der Waals surface area contributed by atoms with Crippen LogP contribution in [-0.2, 0) is 0 Å². The summed E-state index contributed by atoms with van der Waals surface area (Å²) in [6, 6.07) is 5.57. The van der Waals surface area contributed by atoms with Crippen molar-refractivity contribution in [3.63, 3.8) is 0 Å². The number of likely N-dealkylation sites (N-methyl/N-ethyl adjacent to an activating group) is 1. The number of hydrogen-bond acceptors (Lipinski definition) is 4. The Bertz CT molecular complexity index is 387. The van der Waals surface area contributed by atoms with E-state index in [0.29, 0.717) is 12.1 Å². The Morgan fingerprint density at radius 3 is 2.62 bits per heavy atom. The Hall–Kier alpha value is -1.13. The van der Waals surface area contributed by atoms with E-state index in [1.807, 2.05) is 12.4 Å². The summed E-state index contributed by atoms with van der Waals surface area (Å²) in [6.07, 6.45) is 7.44. The van der Waals surface area contributed by atoms with E-state index >= 15 is 0 Å². The van der Waals surface area contributed by atoms with Gasteiger partial charge in [0.25, 0.3) is 0 Å². The van der Waals surface area contributed by atoms with Gasteiger partial charge in [-0.3, -0.25) is 4.98 Å². The predicted molar refractivity (Wildman–Crippen MR) is 89.9 cm³/mol. The van der Waals surface area contributed by atoms with Crippen molar-refractivity contribution in [3.05, 3.63) is 24.5 Å². The highest BCUT2D eigenvalue weighted by Crippen LogP contribution is 2.18. The first-order valence-electron chi connectivity index (χ1n) is 8.29. The first-order valence-corrected chi connectivity index (χ1v) is 8.29. The van der Waals surface area contributed by atoms with E-state index in [1.54, 1.807) is 0 Å². The second-order valence-electron chi connectivity index (χ2n) is 6.16. The molecule has 0 radical (unpaired) electrons. The van der Waals surface area contributed by atoms with Crippen LogP contribution < -0.4 is 10.2 Å². The van der Waals surface area contributed by atoms with Crippen LogP contribution in [0.5, 0.6) is 0 Å². The molecule has 0 bridgehead atoms. The van der Waals surface area contributed by atoms with Crippen LogP contribution in [0.15, 0.2) is 24.5 Å². The smallest absolute Gasteiger partial charge is 0.0397 e. The maximum absolute atomic E-state index is 4.09. The molecule has 0 amide bonds. The molecule has 118 valence electrons. The largest absolute Gasteiger partial charge is 0.371 e. The van der Waals surface area contributed by atoms with Gasteiger partial charge in [0.15, 0.2) is 0 Å². The summed E-state index contributed by atoms with van der Waals surface area (Å²) < 4.78 is 0. The third-order valence-corrected chi connectivity index (χ3v) is 4.76.